The molecule has 1 aliphatic heterocycles. The molecule has 0 aromatic rings. The highest BCUT2D eigenvalue weighted by Gasteiger charge is 2.12. The van der Waals surface area contributed by atoms with Crippen molar-refractivity contribution in [2.45, 2.75) is 6.04 Å². The van der Waals surface area contributed by atoms with E-state index in [4.69, 9.17) is 5.26 Å². The van der Waals surface area contributed by atoms with E-state index in [1.165, 1.54) is 6.61 Å². The van der Waals surface area contributed by atoms with Gasteiger partial charge in [-0.15, -0.1) is 0 Å². The van der Waals surface area contributed by atoms with Crippen LogP contribution in [0.1, 0.15) is 0 Å². The van der Waals surface area contributed by atoms with E-state index in [9.17, 15) is 0 Å². The Labute approximate surface area is 41.9 Å². The molecule has 3 nitrogen and oxygen atoms in total. The number of nitriles is 1. The highest BCUT2D eigenvalue weighted by molar-refractivity contribution is 4.97. The molecule has 1 heterocycles. The average molecular weight is 97.1 g/mol. The van der Waals surface area contributed by atoms with E-state index in [0.717, 1.165) is 0 Å². The fraction of sp³-hybridized carbons (Fsp3) is 0.500. The van der Waals surface area contributed by atoms with Gasteiger partial charge >= 0.3 is 0 Å². The van der Waals surface area contributed by atoms with Crippen LogP contribution in [0.5, 0.6) is 0 Å². The van der Waals surface area contributed by atoms with E-state index in [-0.39, 0.29) is 6.04 Å². The summed E-state index contributed by atoms with van der Waals surface area (Å²) in [6.45, 7) is 1.96. The summed E-state index contributed by atoms with van der Waals surface area (Å²) in [4.78, 5) is 0. The molecule has 0 spiro atoms. The second-order valence-electron chi connectivity index (χ2n) is 1.26. The number of hydrogen-bond donors (Lipinski definition) is 1. The zero-order valence-electron chi connectivity index (χ0n) is 3.72. The van der Waals surface area contributed by atoms with Crippen molar-refractivity contribution in [1.82, 2.24) is 5.32 Å². The first-order valence-corrected chi connectivity index (χ1v) is 2.01. The van der Waals surface area contributed by atoms with Crippen LogP contribution in [0.2, 0.25) is 0 Å². The van der Waals surface area contributed by atoms with E-state index in [0.29, 0.717) is 6.73 Å². The van der Waals surface area contributed by atoms with Gasteiger partial charge < -0.3 is 4.74 Å². The van der Waals surface area contributed by atoms with Crippen molar-refractivity contribution in [3.8, 4) is 6.07 Å². The minimum Gasteiger partial charge on any atom is -0.357 e. The van der Waals surface area contributed by atoms with Crippen molar-refractivity contribution in [2.75, 3.05) is 6.73 Å². The van der Waals surface area contributed by atoms with Crippen molar-refractivity contribution >= 4 is 0 Å². The normalized spacial score (nSPS) is 29.9. The van der Waals surface area contributed by atoms with E-state index in [1.54, 1.807) is 0 Å². The molecule has 3 heteroatoms. The largest absolute Gasteiger partial charge is 0.357 e. The second kappa shape index (κ2) is 1.92. The summed E-state index contributed by atoms with van der Waals surface area (Å²) in [5.74, 6) is 0. The molecule has 7 heavy (non-hydrogen) atoms. The molecule has 1 rings (SSSR count). The van der Waals surface area contributed by atoms with Crippen LogP contribution in [0.15, 0.2) is 0 Å². The maximum atomic E-state index is 8.14. The first kappa shape index (κ1) is 4.57. The van der Waals surface area contributed by atoms with Gasteiger partial charge in [0.2, 0.25) is 0 Å². The first-order chi connectivity index (χ1) is 3.43. The lowest BCUT2D eigenvalue weighted by atomic mass is 10.4. The quantitative estimate of drug-likeness (QED) is 0.448. The van der Waals surface area contributed by atoms with Crippen LogP contribution in [0.4, 0.5) is 0 Å². The maximum absolute atomic E-state index is 8.14. The van der Waals surface area contributed by atoms with Crippen molar-refractivity contribution < 1.29 is 4.74 Å². The Balaban J connectivity index is 2.31. The van der Waals surface area contributed by atoms with Gasteiger partial charge in [-0.2, -0.15) is 5.26 Å². The molecular weight excluding hydrogens is 92.1 g/mol. The summed E-state index contributed by atoms with van der Waals surface area (Å²) in [5, 5.41) is 10.9. The summed E-state index contributed by atoms with van der Waals surface area (Å²) in [7, 11) is 0. The molecular formula is C4H5N2O. The summed E-state index contributed by atoms with van der Waals surface area (Å²) in [5.41, 5.74) is 0. The van der Waals surface area contributed by atoms with E-state index in [2.05, 4.69) is 10.1 Å². The average Bonchev–Trinajstić information content (AvgIpc) is 2.14. The lowest BCUT2D eigenvalue weighted by Gasteiger charge is -1.87. The Bertz CT molecular complexity index is 90.4. The van der Waals surface area contributed by atoms with Crippen molar-refractivity contribution in [3.63, 3.8) is 0 Å². The van der Waals surface area contributed by atoms with Gasteiger partial charge in [0, 0.05) is 0 Å². The molecule has 1 atom stereocenters. The molecule has 0 saturated carbocycles. The van der Waals surface area contributed by atoms with Gasteiger partial charge in [0.05, 0.1) is 12.8 Å². The van der Waals surface area contributed by atoms with Crippen LogP contribution >= 0.6 is 0 Å². The standard InChI is InChI=1S/C4H5N2O/c5-1-4-2-7-3-6-4/h2,4,6H,3H2. The van der Waals surface area contributed by atoms with Gasteiger partial charge in [0.25, 0.3) is 0 Å². The SMILES string of the molecule is N#CC1[CH]OCN1. The van der Waals surface area contributed by atoms with Crippen LogP contribution in [0.25, 0.3) is 0 Å². The number of hydrogen-bond acceptors (Lipinski definition) is 3. The molecule has 37 valence electrons. The van der Waals surface area contributed by atoms with E-state index in [1.807, 2.05) is 6.07 Å². The third-order valence-corrected chi connectivity index (χ3v) is 0.758. The topological polar surface area (TPSA) is 45.0 Å². The monoisotopic (exact) mass is 97.0 g/mol. The molecule has 1 aliphatic rings. The van der Waals surface area contributed by atoms with Crippen LogP contribution in [0, 0.1) is 17.9 Å². The molecule has 1 fully saturated rings. The fourth-order valence-electron chi connectivity index (χ4n) is 0.406. The van der Waals surface area contributed by atoms with Crippen LogP contribution in [-0.4, -0.2) is 12.8 Å². The molecule has 1 saturated heterocycles. The van der Waals surface area contributed by atoms with Crippen LogP contribution in [-0.2, 0) is 4.74 Å². The van der Waals surface area contributed by atoms with Crippen molar-refractivity contribution in [1.29, 1.82) is 5.26 Å². The zero-order valence-corrected chi connectivity index (χ0v) is 3.72. The molecule has 0 aromatic carbocycles. The molecule has 1 unspecified atom stereocenters. The molecule has 0 bridgehead atoms. The second-order valence-corrected chi connectivity index (χ2v) is 1.26. The van der Waals surface area contributed by atoms with Gasteiger partial charge in [0.1, 0.15) is 12.6 Å². The Hall–Kier alpha value is -0.590. The number of nitrogens with zero attached hydrogens (tertiary/aromatic N) is 1. The highest BCUT2D eigenvalue weighted by atomic mass is 16.5. The summed E-state index contributed by atoms with van der Waals surface area (Å²) in [6, 6.07) is 1.78. The smallest absolute Gasteiger partial charge is 0.126 e. The van der Waals surface area contributed by atoms with Gasteiger partial charge in [-0.05, 0) is 0 Å². The summed E-state index contributed by atoms with van der Waals surface area (Å²) in [6.07, 6.45) is 0. The number of nitrogens with one attached hydrogen (secondary N) is 1. The Morgan fingerprint density at radius 2 is 2.86 bits per heavy atom. The molecule has 1 N–H and O–H groups in total. The fourth-order valence-corrected chi connectivity index (χ4v) is 0.406. The van der Waals surface area contributed by atoms with E-state index >= 15 is 0 Å². The predicted octanol–water partition coefficient (Wildman–Crippen LogP) is -0.382. The Kier molecular flexibility index (Phi) is 1.25. The van der Waals surface area contributed by atoms with Crippen LogP contribution in [0.3, 0.4) is 0 Å². The minimum atomic E-state index is -0.194. The number of rotatable bonds is 0. The van der Waals surface area contributed by atoms with Crippen molar-refractivity contribution in [2.24, 2.45) is 0 Å². The van der Waals surface area contributed by atoms with Crippen LogP contribution < -0.4 is 5.32 Å². The highest BCUT2D eigenvalue weighted by Crippen LogP contribution is 1.95. The minimum absolute atomic E-state index is 0.194. The molecule has 0 aromatic heterocycles. The molecule has 1 radical (unpaired) electrons. The van der Waals surface area contributed by atoms with Gasteiger partial charge in [-0.1, -0.05) is 0 Å². The third kappa shape index (κ3) is 0.889. The predicted molar refractivity (Wildman–Crippen MR) is 22.8 cm³/mol. The Morgan fingerprint density at radius 1 is 2.00 bits per heavy atom. The molecule has 0 amide bonds. The lowest BCUT2D eigenvalue weighted by Crippen LogP contribution is -2.18. The zero-order chi connectivity index (χ0) is 5.11. The Morgan fingerprint density at radius 3 is 3.14 bits per heavy atom. The third-order valence-electron chi connectivity index (χ3n) is 0.758. The van der Waals surface area contributed by atoms with E-state index < -0.39 is 0 Å². The number of ether oxygens (including phenoxy) is 1. The maximum Gasteiger partial charge on any atom is 0.126 e. The van der Waals surface area contributed by atoms with Gasteiger partial charge in [0.15, 0.2) is 0 Å². The summed E-state index contributed by atoms with van der Waals surface area (Å²) < 4.78 is 4.69. The van der Waals surface area contributed by atoms with Crippen molar-refractivity contribution in [3.05, 3.63) is 6.61 Å². The first-order valence-electron chi connectivity index (χ1n) is 2.01. The van der Waals surface area contributed by atoms with Gasteiger partial charge in [-0.3, -0.25) is 5.32 Å². The molecule has 0 aliphatic carbocycles. The van der Waals surface area contributed by atoms with Gasteiger partial charge in [-0.25, -0.2) is 0 Å². The summed E-state index contributed by atoms with van der Waals surface area (Å²) >= 11 is 0. The lowest BCUT2D eigenvalue weighted by molar-refractivity contribution is 0.245.